The van der Waals surface area contributed by atoms with Crippen LogP contribution in [0.5, 0.6) is 5.75 Å². The number of rotatable bonds is 6. The summed E-state index contributed by atoms with van der Waals surface area (Å²) in [6.45, 7) is 1.31. The number of nitrogens with two attached hydrogens (primary N) is 2. The van der Waals surface area contributed by atoms with Crippen molar-refractivity contribution < 1.29 is 14.4 Å². The summed E-state index contributed by atoms with van der Waals surface area (Å²) in [4.78, 5) is 22.0. The van der Waals surface area contributed by atoms with Crippen LogP contribution in [-0.4, -0.2) is 34.5 Å². The van der Waals surface area contributed by atoms with E-state index in [2.05, 4.69) is 4.98 Å². The van der Waals surface area contributed by atoms with E-state index in [0.29, 0.717) is 39.3 Å². The largest absolute Gasteiger partial charge is 0.496 e. The molecule has 4 rings (SSSR count). The van der Waals surface area contributed by atoms with E-state index in [1.54, 1.807) is 37.4 Å². The van der Waals surface area contributed by atoms with Crippen molar-refractivity contribution in [3.8, 4) is 28.3 Å². The number of fused-ring (bicyclic) bond motifs is 1. The van der Waals surface area contributed by atoms with E-state index in [9.17, 15) is 4.79 Å². The van der Waals surface area contributed by atoms with Crippen LogP contribution in [0.1, 0.15) is 18.1 Å². The number of hydrogen-bond acceptors (Lipinski definition) is 6. The van der Waals surface area contributed by atoms with Gasteiger partial charge in [0, 0.05) is 18.1 Å². The maximum atomic E-state index is 11.9. The molecule has 0 aliphatic carbocycles. The standard InChI is InChI=1S/C24H22N6O3/c1-13(31)33-30-20-9-7-17(23(27)28)12-19(20)29-24(30)18-11-16(8-10-21(18)32-2)14-3-5-15(6-4-14)22(25)26/h3-12H,1-2H3,(H3,25,26)(H3,27,28). The van der Waals surface area contributed by atoms with Crippen molar-refractivity contribution in [1.29, 1.82) is 10.8 Å². The summed E-state index contributed by atoms with van der Waals surface area (Å²) in [5.74, 6) is 0.293. The molecule has 4 aromatic rings. The first kappa shape index (κ1) is 21.6. The lowest BCUT2D eigenvalue weighted by Crippen LogP contribution is -2.17. The van der Waals surface area contributed by atoms with E-state index >= 15 is 0 Å². The van der Waals surface area contributed by atoms with E-state index < -0.39 is 5.97 Å². The summed E-state index contributed by atoms with van der Waals surface area (Å²) in [7, 11) is 1.55. The van der Waals surface area contributed by atoms with Crippen LogP contribution in [-0.2, 0) is 4.79 Å². The molecule has 0 aliphatic rings. The molecule has 0 radical (unpaired) electrons. The van der Waals surface area contributed by atoms with Crippen LogP contribution in [0, 0.1) is 10.8 Å². The maximum Gasteiger partial charge on any atom is 0.329 e. The lowest BCUT2D eigenvalue weighted by Gasteiger charge is -2.13. The van der Waals surface area contributed by atoms with Crippen molar-refractivity contribution in [1.82, 2.24) is 9.71 Å². The average Bonchev–Trinajstić information content (AvgIpc) is 3.15. The van der Waals surface area contributed by atoms with Crippen molar-refractivity contribution in [3.63, 3.8) is 0 Å². The predicted octanol–water partition coefficient (Wildman–Crippen LogP) is 2.92. The molecule has 9 heteroatoms. The second-order valence-corrected chi connectivity index (χ2v) is 7.34. The number of nitrogens with one attached hydrogen (secondary N) is 2. The highest BCUT2D eigenvalue weighted by molar-refractivity contribution is 5.98. The lowest BCUT2D eigenvalue weighted by atomic mass is 10.0. The fraction of sp³-hybridized carbons (Fsp3) is 0.0833. The van der Waals surface area contributed by atoms with Gasteiger partial charge in [-0.25, -0.2) is 9.78 Å². The third kappa shape index (κ3) is 4.11. The quantitative estimate of drug-likeness (QED) is 0.266. The average molecular weight is 442 g/mol. The number of imidazole rings is 1. The van der Waals surface area contributed by atoms with Gasteiger partial charge in [0.1, 0.15) is 22.9 Å². The number of carbonyl (C=O) groups excluding carboxylic acids is 1. The van der Waals surface area contributed by atoms with Crippen LogP contribution in [0.15, 0.2) is 60.7 Å². The maximum absolute atomic E-state index is 11.9. The summed E-state index contributed by atoms with van der Waals surface area (Å²) in [6.07, 6.45) is 0. The SMILES string of the molecule is COc1ccc(-c2ccc(C(=N)N)cc2)cc1-c1nc2cc(C(=N)N)ccc2n1OC(C)=O. The van der Waals surface area contributed by atoms with Crippen LogP contribution in [0.2, 0.25) is 0 Å². The first-order valence-electron chi connectivity index (χ1n) is 9.97. The number of nitrogens with zero attached hydrogens (tertiary/aromatic N) is 2. The van der Waals surface area contributed by atoms with E-state index in [1.165, 1.54) is 11.7 Å². The molecule has 166 valence electrons. The Hall–Kier alpha value is -4.66. The second kappa shape index (κ2) is 8.46. The third-order valence-electron chi connectivity index (χ3n) is 5.11. The van der Waals surface area contributed by atoms with Crippen LogP contribution >= 0.6 is 0 Å². The van der Waals surface area contributed by atoms with E-state index in [0.717, 1.165) is 11.1 Å². The highest BCUT2D eigenvalue weighted by atomic mass is 16.7. The zero-order valence-electron chi connectivity index (χ0n) is 18.0. The Balaban J connectivity index is 1.91. The van der Waals surface area contributed by atoms with Gasteiger partial charge in [0.2, 0.25) is 0 Å². The van der Waals surface area contributed by atoms with Gasteiger partial charge in [-0.3, -0.25) is 10.8 Å². The number of benzene rings is 3. The molecule has 0 aliphatic heterocycles. The molecule has 1 heterocycles. The highest BCUT2D eigenvalue weighted by Gasteiger charge is 2.20. The molecule has 0 saturated carbocycles. The highest BCUT2D eigenvalue weighted by Crippen LogP contribution is 2.35. The minimum Gasteiger partial charge on any atom is -0.496 e. The van der Waals surface area contributed by atoms with Gasteiger partial charge in [-0.05, 0) is 41.5 Å². The van der Waals surface area contributed by atoms with Gasteiger partial charge in [0.15, 0.2) is 5.82 Å². The van der Waals surface area contributed by atoms with E-state index in [1.807, 2.05) is 30.3 Å². The Morgan fingerprint density at radius 1 is 0.909 bits per heavy atom. The summed E-state index contributed by atoms with van der Waals surface area (Å²) in [5, 5.41) is 15.3. The van der Waals surface area contributed by atoms with Crippen molar-refractivity contribution in [2.75, 3.05) is 7.11 Å². The summed E-state index contributed by atoms with van der Waals surface area (Å²) in [5.41, 5.74) is 15.7. The van der Waals surface area contributed by atoms with Gasteiger partial charge in [0.05, 0.1) is 18.2 Å². The molecule has 0 bridgehead atoms. The zero-order valence-corrected chi connectivity index (χ0v) is 18.0. The molecule has 0 unspecified atom stereocenters. The normalized spacial score (nSPS) is 10.7. The van der Waals surface area contributed by atoms with Gasteiger partial charge in [-0.15, -0.1) is 0 Å². The number of methoxy groups -OCH3 is 1. The Morgan fingerprint density at radius 2 is 1.55 bits per heavy atom. The van der Waals surface area contributed by atoms with Crippen LogP contribution in [0.3, 0.4) is 0 Å². The van der Waals surface area contributed by atoms with Crippen LogP contribution in [0.25, 0.3) is 33.5 Å². The Bertz CT molecular complexity index is 1410. The van der Waals surface area contributed by atoms with Gasteiger partial charge in [-0.1, -0.05) is 30.3 Å². The van der Waals surface area contributed by atoms with Crippen molar-refractivity contribution in [2.45, 2.75) is 6.92 Å². The fourth-order valence-corrected chi connectivity index (χ4v) is 3.52. The van der Waals surface area contributed by atoms with Crippen molar-refractivity contribution in [2.24, 2.45) is 11.5 Å². The van der Waals surface area contributed by atoms with E-state index in [4.69, 9.17) is 31.9 Å². The van der Waals surface area contributed by atoms with Gasteiger partial charge in [0.25, 0.3) is 0 Å². The molecular formula is C24H22N6O3. The summed E-state index contributed by atoms with van der Waals surface area (Å²) >= 11 is 0. The lowest BCUT2D eigenvalue weighted by molar-refractivity contribution is -0.140. The molecular weight excluding hydrogens is 420 g/mol. The second-order valence-electron chi connectivity index (χ2n) is 7.34. The first-order valence-corrected chi connectivity index (χ1v) is 9.97. The van der Waals surface area contributed by atoms with Crippen LogP contribution in [0.4, 0.5) is 0 Å². The first-order chi connectivity index (χ1) is 15.8. The topological polar surface area (TPSA) is 153 Å². The third-order valence-corrected chi connectivity index (χ3v) is 5.11. The number of nitrogen functional groups attached to an aromatic ring is 2. The molecule has 0 amide bonds. The molecule has 33 heavy (non-hydrogen) atoms. The van der Waals surface area contributed by atoms with Crippen molar-refractivity contribution in [3.05, 3.63) is 71.8 Å². The Kier molecular flexibility index (Phi) is 5.53. The molecule has 9 nitrogen and oxygen atoms in total. The van der Waals surface area contributed by atoms with Gasteiger partial charge < -0.3 is 21.0 Å². The molecule has 3 aromatic carbocycles. The number of aromatic nitrogens is 2. The minimum absolute atomic E-state index is 0.00278. The van der Waals surface area contributed by atoms with Crippen LogP contribution < -0.4 is 21.0 Å². The van der Waals surface area contributed by atoms with Crippen molar-refractivity contribution >= 4 is 28.7 Å². The number of hydrogen-bond donors (Lipinski definition) is 4. The van der Waals surface area contributed by atoms with Gasteiger partial charge >= 0.3 is 5.97 Å². The Morgan fingerprint density at radius 3 is 2.15 bits per heavy atom. The smallest absolute Gasteiger partial charge is 0.329 e. The molecule has 1 aromatic heterocycles. The summed E-state index contributed by atoms with van der Waals surface area (Å²) in [6, 6.07) is 17.9. The molecule has 6 N–H and O–H groups in total. The Labute approximate surface area is 189 Å². The minimum atomic E-state index is -0.513. The molecule has 0 fully saturated rings. The zero-order chi connectivity index (χ0) is 23.7. The monoisotopic (exact) mass is 442 g/mol. The number of carbonyl (C=O) groups is 1. The molecule has 0 saturated heterocycles. The predicted molar refractivity (Wildman–Crippen MR) is 126 cm³/mol. The summed E-state index contributed by atoms with van der Waals surface area (Å²) < 4.78 is 6.92. The molecule has 0 spiro atoms. The fourth-order valence-electron chi connectivity index (χ4n) is 3.52. The number of amidine groups is 2. The molecule has 0 atom stereocenters. The number of ether oxygens (including phenoxy) is 1. The van der Waals surface area contributed by atoms with Gasteiger partial charge in [-0.2, -0.15) is 4.73 Å². The van der Waals surface area contributed by atoms with E-state index in [-0.39, 0.29) is 11.7 Å².